The molecule has 0 bridgehead atoms. The van der Waals surface area contributed by atoms with Gasteiger partial charge in [-0.05, 0) is 30.2 Å². The smallest absolute Gasteiger partial charge is 0.0716 e. The molecule has 1 aromatic carbocycles. The van der Waals surface area contributed by atoms with E-state index in [9.17, 15) is 0 Å². The molecule has 3 nitrogen and oxygen atoms in total. The molecule has 0 atom stereocenters. The Hall–Kier alpha value is -2.16. The molecule has 0 aliphatic heterocycles. The third-order valence-electron chi connectivity index (χ3n) is 2.99. The summed E-state index contributed by atoms with van der Waals surface area (Å²) < 4.78 is 0. The maximum atomic E-state index is 6.02. The minimum absolute atomic E-state index is 0.745. The van der Waals surface area contributed by atoms with Crippen molar-refractivity contribution in [3.05, 3.63) is 41.6 Å². The van der Waals surface area contributed by atoms with Gasteiger partial charge in [0, 0.05) is 16.8 Å². The third kappa shape index (κ3) is 1.15. The van der Waals surface area contributed by atoms with Crippen molar-refractivity contribution in [2.45, 2.75) is 6.42 Å². The number of nitrogens with one attached hydrogen (secondary N) is 1. The molecule has 0 fully saturated rings. The number of hydrogen-bond acceptors (Lipinski definition) is 2. The highest BCUT2D eigenvalue weighted by atomic mass is 14.8. The van der Waals surface area contributed by atoms with Gasteiger partial charge in [-0.1, -0.05) is 18.2 Å². The van der Waals surface area contributed by atoms with Crippen molar-refractivity contribution >= 4 is 28.4 Å². The number of nitrogen functional groups attached to an aromatic ring is 2. The lowest BCUT2D eigenvalue weighted by Crippen LogP contribution is -1.92. The Balaban J connectivity index is 2.43. The number of nitrogens with two attached hydrogens (primary N) is 2. The van der Waals surface area contributed by atoms with Crippen LogP contribution in [0.2, 0.25) is 0 Å². The van der Waals surface area contributed by atoms with Gasteiger partial charge in [-0.2, -0.15) is 0 Å². The maximum absolute atomic E-state index is 6.02. The van der Waals surface area contributed by atoms with Crippen molar-refractivity contribution in [3.63, 3.8) is 0 Å². The second kappa shape index (κ2) is 3.17. The largest absolute Gasteiger partial charge is 0.398 e. The summed E-state index contributed by atoms with van der Waals surface area (Å²) in [5, 5.41) is 1.06. The number of aromatic amines is 1. The third-order valence-corrected chi connectivity index (χ3v) is 2.99. The SMILES string of the molecule is Nc1ccc(N)c2c3c([nH]c12)C=CC=CC3. The Morgan fingerprint density at radius 2 is 1.88 bits per heavy atom. The van der Waals surface area contributed by atoms with E-state index in [4.69, 9.17) is 11.5 Å². The fourth-order valence-electron chi connectivity index (χ4n) is 2.21. The molecular formula is C13H13N3. The lowest BCUT2D eigenvalue weighted by Gasteiger charge is -2.02. The van der Waals surface area contributed by atoms with Crippen LogP contribution >= 0.6 is 0 Å². The lowest BCUT2D eigenvalue weighted by molar-refractivity contribution is 1.27. The Labute approximate surface area is 93.4 Å². The summed E-state index contributed by atoms with van der Waals surface area (Å²) in [6.45, 7) is 0. The summed E-state index contributed by atoms with van der Waals surface area (Å²) in [5.74, 6) is 0. The molecule has 2 aromatic rings. The average Bonchev–Trinajstić information content (AvgIpc) is 2.49. The van der Waals surface area contributed by atoms with Gasteiger partial charge < -0.3 is 16.5 Å². The summed E-state index contributed by atoms with van der Waals surface area (Å²) >= 11 is 0. The maximum Gasteiger partial charge on any atom is 0.0716 e. The van der Waals surface area contributed by atoms with Crippen LogP contribution in [0.25, 0.3) is 17.0 Å². The molecule has 0 spiro atoms. The first-order valence-corrected chi connectivity index (χ1v) is 5.29. The van der Waals surface area contributed by atoms with Gasteiger partial charge in [0.25, 0.3) is 0 Å². The highest BCUT2D eigenvalue weighted by Crippen LogP contribution is 2.33. The lowest BCUT2D eigenvalue weighted by atomic mass is 10.1. The predicted octanol–water partition coefficient (Wildman–Crippen LogP) is 2.46. The zero-order valence-corrected chi connectivity index (χ0v) is 8.83. The van der Waals surface area contributed by atoms with Gasteiger partial charge in [0.2, 0.25) is 0 Å². The van der Waals surface area contributed by atoms with Gasteiger partial charge in [0.1, 0.15) is 0 Å². The van der Waals surface area contributed by atoms with Crippen LogP contribution in [0.4, 0.5) is 11.4 Å². The van der Waals surface area contributed by atoms with Gasteiger partial charge in [-0.25, -0.2) is 0 Å². The Kier molecular flexibility index (Phi) is 1.80. The minimum Gasteiger partial charge on any atom is -0.398 e. The van der Waals surface area contributed by atoms with E-state index < -0.39 is 0 Å². The summed E-state index contributed by atoms with van der Waals surface area (Å²) in [7, 11) is 0. The van der Waals surface area contributed by atoms with E-state index in [1.54, 1.807) is 0 Å². The number of hydrogen-bond donors (Lipinski definition) is 3. The van der Waals surface area contributed by atoms with E-state index in [-0.39, 0.29) is 0 Å². The molecule has 80 valence electrons. The summed E-state index contributed by atoms with van der Waals surface area (Å²) in [6, 6.07) is 3.71. The summed E-state index contributed by atoms with van der Waals surface area (Å²) in [4.78, 5) is 3.33. The number of allylic oxidation sites excluding steroid dienone is 3. The molecule has 1 aliphatic rings. The van der Waals surface area contributed by atoms with Crippen LogP contribution in [-0.4, -0.2) is 4.98 Å². The number of H-pyrrole nitrogens is 1. The minimum atomic E-state index is 0.745. The standard InChI is InChI=1S/C13H13N3/c14-9-6-7-10(15)13-12(9)8-4-2-1-3-5-11(8)16-13/h1-3,5-7,16H,4,14-15H2. The van der Waals surface area contributed by atoms with Crippen molar-refractivity contribution in [1.29, 1.82) is 0 Å². The second-order valence-corrected chi connectivity index (χ2v) is 4.00. The van der Waals surface area contributed by atoms with Crippen LogP contribution in [0.5, 0.6) is 0 Å². The number of aromatic nitrogens is 1. The van der Waals surface area contributed by atoms with E-state index in [2.05, 4.69) is 17.1 Å². The van der Waals surface area contributed by atoms with Crippen LogP contribution < -0.4 is 11.5 Å². The molecule has 0 unspecified atom stereocenters. The Bertz CT molecular complexity index is 618. The number of rotatable bonds is 0. The fraction of sp³-hybridized carbons (Fsp3) is 0.0769. The first-order valence-electron chi connectivity index (χ1n) is 5.29. The summed E-state index contributed by atoms with van der Waals surface area (Å²) in [6.07, 6.45) is 9.13. The van der Waals surface area contributed by atoms with E-state index in [1.807, 2.05) is 24.3 Å². The van der Waals surface area contributed by atoms with Crippen LogP contribution in [0.15, 0.2) is 30.4 Å². The predicted molar refractivity (Wildman–Crippen MR) is 69.0 cm³/mol. The van der Waals surface area contributed by atoms with Gasteiger partial charge in [0.15, 0.2) is 0 Å². The summed E-state index contributed by atoms with van der Waals surface area (Å²) in [5.41, 5.74) is 16.8. The molecule has 1 aliphatic carbocycles. The molecular weight excluding hydrogens is 198 g/mol. The normalized spacial score (nSPS) is 14.0. The van der Waals surface area contributed by atoms with Crippen molar-refractivity contribution in [2.75, 3.05) is 11.5 Å². The van der Waals surface area contributed by atoms with E-state index in [0.29, 0.717) is 0 Å². The topological polar surface area (TPSA) is 67.8 Å². The van der Waals surface area contributed by atoms with Crippen molar-refractivity contribution < 1.29 is 0 Å². The molecule has 1 aromatic heterocycles. The molecule has 1 heterocycles. The van der Waals surface area contributed by atoms with Gasteiger partial charge >= 0.3 is 0 Å². The molecule has 0 saturated heterocycles. The molecule has 16 heavy (non-hydrogen) atoms. The van der Waals surface area contributed by atoms with Gasteiger partial charge in [-0.15, -0.1) is 0 Å². The van der Waals surface area contributed by atoms with Gasteiger partial charge in [-0.3, -0.25) is 0 Å². The fourth-order valence-corrected chi connectivity index (χ4v) is 2.21. The highest BCUT2D eigenvalue weighted by molar-refractivity contribution is 6.02. The van der Waals surface area contributed by atoms with Crippen LogP contribution in [0.3, 0.4) is 0 Å². The zero-order chi connectivity index (χ0) is 11.1. The van der Waals surface area contributed by atoms with Gasteiger partial charge in [0.05, 0.1) is 11.2 Å². The molecule has 3 heteroatoms. The number of benzene rings is 1. The number of fused-ring (bicyclic) bond motifs is 3. The molecule has 5 N–H and O–H groups in total. The van der Waals surface area contributed by atoms with E-state index in [0.717, 1.165) is 34.4 Å². The molecule has 0 radical (unpaired) electrons. The highest BCUT2D eigenvalue weighted by Gasteiger charge is 2.13. The average molecular weight is 211 g/mol. The van der Waals surface area contributed by atoms with Crippen LogP contribution in [0.1, 0.15) is 11.3 Å². The van der Waals surface area contributed by atoms with Crippen molar-refractivity contribution in [3.8, 4) is 0 Å². The Morgan fingerprint density at radius 3 is 2.75 bits per heavy atom. The second-order valence-electron chi connectivity index (χ2n) is 4.00. The zero-order valence-electron chi connectivity index (χ0n) is 8.83. The molecule has 0 amide bonds. The quantitative estimate of drug-likeness (QED) is 0.586. The Morgan fingerprint density at radius 1 is 1.06 bits per heavy atom. The first-order chi connectivity index (χ1) is 7.77. The molecule has 3 rings (SSSR count). The van der Waals surface area contributed by atoms with Crippen LogP contribution in [0, 0.1) is 0 Å². The van der Waals surface area contributed by atoms with Crippen molar-refractivity contribution in [2.24, 2.45) is 0 Å². The van der Waals surface area contributed by atoms with E-state index >= 15 is 0 Å². The monoisotopic (exact) mass is 211 g/mol. The number of anilines is 2. The van der Waals surface area contributed by atoms with E-state index in [1.165, 1.54) is 5.56 Å². The first kappa shape index (κ1) is 9.09. The van der Waals surface area contributed by atoms with Crippen molar-refractivity contribution in [1.82, 2.24) is 4.98 Å². The van der Waals surface area contributed by atoms with Crippen LogP contribution in [-0.2, 0) is 6.42 Å². The molecule has 0 saturated carbocycles.